The number of benzene rings is 1. The first kappa shape index (κ1) is 13.1. The molecule has 0 amide bonds. The first-order valence-electron chi connectivity index (χ1n) is 5.94. The zero-order valence-electron chi connectivity index (χ0n) is 10.9. The van der Waals surface area contributed by atoms with Crippen molar-refractivity contribution in [3.05, 3.63) is 64.1 Å². The van der Waals surface area contributed by atoms with Gasteiger partial charge in [0.05, 0.1) is 13.7 Å². The molecule has 0 aliphatic rings. The summed E-state index contributed by atoms with van der Waals surface area (Å²) in [5, 5.41) is 0. The lowest BCUT2D eigenvalue weighted by Gasteiger charge is -2.06. The number of aromatic nitrogens is 1. The van der Waals surface area contributed by atoms with Crippen LogP contribution in [0.3, 0.4) is 0 Å². The molecule has 0 unspecified atom stereocenters. The van der Waals surface area contributed by atoms with Gasteiger partial charge in [0, 0.05) is 17.8 Å². The molecule has 0 saturated heterocycles. The normalized spacial score (nSPS) is 10.2. The second kappa shape index (κ2) is 5.52. The van der Waals surface area contributed by atoms with Crippen LogP contribution in [0.2, 0.25) is 0 Å². The van der Waals surface area contributed by atoms with Crippen LogP contribution in [-0.4, -0.2) is 17.5 Å². The van der Waals surface area contributed by atoms with Gasteiger partial charge in [0.2, 0.25) is 0 Å². The van der Waals surface area contributed by atoms with Crippen LogP contribution in [0.25, 0.3) is 0 Å². The van der Waals surface area contributed by atoms with E-state index in [-0.39, 0.29) is 17.9 Å². The maximum absolute atomic E-state index is 12.1. The number of carbonyl (C=O) groups excluding carboxylic acids is 1. The van der Waals surface area contributed by atoms with E-state index in [9.17, 15) is 9.59 Å². The number of Topliss-reactive ketones (excluding diaryl/α,β-unsaturated/α-hetero) is 1. The van der Waals surface area contributed by atoms with Gasteiger partial charge in [-0.15, -0.1) is 0 Å². The summed E-state index contributed by atoms with van der Waals surface area (Å²) in [5.74, 6) is 0.595. The molecule has 98 valence electrons. The second-order valence-corrected chi connectivity index (χ2v) is 4.32. The van der Waals surface area contributed by atoms with Crippen molar-refractivity contribution in [1.82, 2.24) is 4.57 Å². The lowest BCUT2D eigenvalue weighted by molar-refractivity contribution is 0.0971. The molecule has 4 heteroatoms. The molecule has 0 bridgehead atoms. The van der Waals surface area contributed by atoms with Crippen LogP contribution in [0.4, 0.5) is 0 Å². The molecule has 1 aromatic heterocycles. The summed E-state index contributed by atoms with van der Waals surface area (Å²) in [6, 6.07) is 10.2. The fourth-order valence-electron chi connectivity index (χ4n) is 1.76. The molecule has 0 N–H and O–H groups in total. The third kappa shape index (κ3) is 3.10. The van der Waals surface area contributed by atoms with Gasteiger partial charge in [-0.25, -0.2) is 0 Å². The van der Waals surface area contributed by atoms with Gasteiger partial charge in [-0.2, -0.15) is 0 Å². The highest BCUT2D eigenvalue weighted by Crippen LogP contribution is 2.12. The molecule has 0 spiro atoms. The number of ether oxygens (including phenoxy) is 1. The first-order valence-corrected chi connectivity index (χ1v) is 5.94. The molecule has 4 nitrogen and oxygen atoms in total. The molecule has 1 heterocycles. The van der Waals surface area contributed by atoms with Crippen molar-refractivity contribution in [2.45, 2.75) is 13.5 Å². The minimum Gasteiger partial charge on any atom is -0.497 e. The van der Waals surface area contributed by atoms with Gasteiger partial charge in [-0.05, 0) is 42.8 Å². The number of aryl methyl sites for hydroxylation is 1. The number of rotatable bonds is 4. The van der Waals surface area contributed by atoms with Crippen molar-refractivity contribution in [3.8, 4) is 5.75 Å². The molecule has 0 aliphatic carbocycles. The van der Waals surface area contributed by atoms with Gasteiger partial charge in [0.1, 0.15) is 5.75 Å². The molecule has 2 aromatic rings. The Bertz CT molecular complexity index is 641. The number of ketones is 1. The monoisotopic (exact) mass is 257 g/mol. The van der Waals surface area contributed by atoms with Crippen LogP contribution in [0, 0.1) is 6.92 Å². The molecule has 2 rings (SSSR count). The highest BCUT2D eigenvalue weighted by atomic mass is 16.5. The summed E-state index contributed by atoms with van der Waals surface area (Å²) in [5.41, 5.74) is 1.29. The van der Waals surface area contributed by atoms with E-state index >= 15 is 0 Å². The van der Waals surface area contributed by atoms with Gasteiger partial charge in [0.25, 0.3) is 5.56 Å². The Hall–Kier alpha value is -2.36. The molecule has 0 aliphatic heterocycles. The van der Waals surface area contributed by atoms with Crippen LogP contribution in [0.1, 0.15) is 15.9 Å². The number of hydrogen-bond acceptors (Lipinski definition) is 3. The quantitative estimate of drug-likeness (QED) is 0.788. The Morgan fingerprint density at radius 1 is 1.21 bits per heavy atom. The van der Waals surface area contributed by atoms with E-state index in [1.807, 2.05) is 13.0 Å². The Morgan fingerprint density at radius 3 is 2.47 bits per heavy atom. The third-order valence-corrected chi connectivity index (χ3v) is 2.88. The summed E-state index contributed by atoms with van der Waals surface area (Å²) < 4.78 is 6.44. The van der Waals surface area contributed by atoms with Crippen molar-refractivity contribution in [3.63, 3.8) is 0 Å². The average Bonchev–Trinajstić information content (AvgIpc) is 2.42. The van der Waals surface area contributed by atoms with E-state index in [1.54, 1.807) is 37.6 Å². The minimum atomic E-state index is -0.165. The smallest absolute Gasteiger partial charge is 0.251 e. The molecule has 0 atom stereocenters. The second-order valence-electron chi connectivity index (χ2n) is 4.32. The Kier molecular flexibility index (Phi) is 3.80. The van der Waals surface area contributed by atoms with Crippen molar-refractivity contribution >= 4 is 5.78 Å². The maximum Gasteiger partial charge on any atom is 0.251 e. The van der Waals surface area contributed by atoms with Crippen molar-refractivity contribution in [2.75, 3.05) is 7.11 Å². The van der Waals surface area contributed by atoms with E-state index in [2.05, 4.69) is 0 Å². The van der Waals surface area contributed by atoms with Crippen molar-refractivity contribution in [2.24, 2.45) is 0 Å². The predicted molar refractivity (Wildman–Crippen MR) is 72.8 cm³/mol. The van der Waals surface area contributed by atoms with Crippen LogP contribution in [-0.2, 0) is 6.54 Å². The van der Waals surface area contributed by atoms with Gasteiger partial charge in [-0.3, -0.25) is 9.59 Å². The van der Waals surface area contributed by atoms with Gasteiger partial charge in [0.15, 0.2) is 5.78 Å². The molecule has 0 saturated carbocycles. The summed E-state index contributed by atoms with van der Waals surface area (Å²) in [6.07, 6.45) is 1.64. The zero-order valence-corrected chi connectivity index (χ0v) is 10.9. The summed E-state index contributed by atoms with van der Waals surface area (Å²) in [4.78, 5) is 23.7. The van der Waals surface area contributed by atoms with E-state index in [4.69, 9.17) is 4.74 Å². The number of hydrogen-bond donors (Lipinski definition) is 0. The van der Waals surface area contributed by atoms with Crippen LogP contribution in [0.5, 0.6) is 5.75 Å². The Labute approximate surface area is 111 Å². The Balaban J connectivity index is 2.18. The van der Waals surface area contributed by atoms with E-state index in [0.717, 1.165) is 5.56 Å². The fraction of sp³-hybridized carbons (Fsp3) is 0.200. The minimum absolute atomic E-state index is 0.0471. The van der Waals surface area contributed by atoms with Crippen molar-refractivity contribution < 1.29 is 9.53 Å². The van der Waals surface area contributed by atoms with Crippen LogP contribution in [0.15, 0.2) is 47.4 Å². The van der Waals surface area contributed by atoms with Crippen LogP contribution < -0.4 is 10.3 Å². The fourth-order valence-corrected chi connectivity index (χ4v) is 1.76. The molecule has 0 radical (unpaired) electrons. The Morgan fingerprint density at radius 2 is 1.89 bits per heavy atom. The predicted octanol–water partition coefficient (Wildman–Crippen LogP) is 2.05. The molecule has 19 heavy (non-hydrogen) atoms. The number of methoxy groups -OCH3 is 1. The first-order chi connectivity index (χ1) is 9.10. The van der Waals surface area contributed by atoms with Crippen molar-refractivity contribution in [1.29, 1.82) is 0 Å². The standard InChI is InChI=1S/C15H15NO3/c1-11-7-8-16(15(18)9-11)10-14(17)12-3-5-13(19-2)6-4-12/h3-9H,10H2,1-2H3. The zero-order chi connectivity index (χ0) is 13.8. The number of nitrogens with zero attached hydrogens (tertiary/aromatic N) is 1. The van der Waals surface area contributed by atoms with E-state index in [0.29, 0.717) is 11.3 Å². The molecular weight excluding hydrogens is 242 g/mol. The SMILES string of the molecule is COc1ccc(C(=O)Cn2ccc(C)cc2=O)cc1. The molecule has 0 fully saturated rings. The summed E-state index contributed by atoms with van der Waals surface area (Å²) >= 11 is 0. The summed E-state index contributed by atoms with van der Waals surface area (Å²) in [6.45, 7) is 1.89. The highest BCUT2D eigenvalue weighted by molar-refractivity contribution is 5.96. The van der Waals surface area contributed by atoms with E-state index in [1.165, 1.54) is 10.6 Å². The van der Waals surface area contributed by atoms with Crippen LogP contribution >= 0.6 is 0 Å². The van der Waals surface area contributed by atoms with Gasteiger partial charge < -0.3 is 9.30 Å². The number of carbonyl (C=O) groups is 1. The largest absolute Gasteiger partial charge is 0.497 e. The van der Waals surface area contributed by atoms with Gasteiger partial charge in [-0.1, -0.05) is 0 Å². The maximum atomic E-state index is 12.1. The molecule has 1 aromatic carbocycles. The average molecular weight is 257 g/mol. The third-order valence-electron chi connectivity index (χ3n) is 2.88. The van der Waals surface area contributed by atoms with E-state index < -0.39 is 0 Å². The topological polar surface area (TPSA) is 48.3 Å². The summed E-state index contributed by atoms with van der Waals surface area (Å²) in [7, 11) is 1.57. The van der Waals surface area contributed by atoms with Gasteiger partial charge >= 0.3 is 0 Å². The highest BCUT2D eigenvalue weighted by Gasteiger charge is 2.07. The lowest BCUT2D eigenvalue weighted by atomic mass is 10.1. The number of pyridine rings is 1. The lowest BCUT2D eigenvalue weighted by Crippen LogP contribution is -2.23. The molecular formula is C15H15NO3.